The molecule has 190 valence electrons. The quantitative estimate of drug-likeness (QED) is 0.409. The molecule has 36 heavy (non-hydrogen) atoms. The molecule has 0 spiro atoms. The number of hydrogen-bond acceptors (Lipinski definition) is 5. The fourth-order valence-corrected chi connectivity index (χ4v) is 4.35. The summed E-state index contributed by atoms with van der Waals surface area (Å²) in [6.45, 7) is 0.226. The Morgan fingerprint density at radius 1 is 1.08 bits per heavy atom. The summed E-state index contributed by atoms with van der Waals surface area (Å²) in [7, 11) is 0. The first-order valence-electron chi connectivity index (χ1n) is 11.7. The van der Waals surface area contributed by atoms with Crippen molar-refractivity contribution < 1.29 is 28.6 Å². The molecule has 1 aliphatic rings. The van der Waals surface area contributed by atoms with Crippen LogP contribution in [0.25, 0.3) is 0 Å². The summed E-state index contributed by atoms with van der Waals surface area (Å²) in [5.74, 6) is -2.03. The van der Waals surface area contributed by atoms with E-state index < -0.39 is 11.8 Å². The molecule has 2 N–H and O–H groups in total. The topological polar surface area (TPSA) is 103 Å². The highest BCUT2D eigenvalue weighted by Gasteiger charge is 2.28. The van der Waals surface area contributed by atoms with Gasteiger partial charge in [-0.3, -0.25) is 4.79 Å². The molecule has 8 nitrogen and oxygen atoms in total. The molecular formula is C26H27ClFN3O5. The maximum Gasteiger partial charge on any atom is 0.356 e. The second kappa shape index (κ2) is 12.0. The second-order valence-electron chi connectivity index (χ2n) is 8.66. The number of ether oxygens (including phenoxy) is 2. The number of benzene rings is 2. The van der Waals surface area contributed by atoms with Crippen LogP contribution < -0.4 is 10.1 Å². The van der Waals surface area contributed by atoms with Crippen molar-refractivity contribution in [3.05, 3.63) is 82.3 Å². The lowest BCUT2D eigenvalue weighted by Gasteiger charge is -2.32. The van der Waals surface area contributed by atoms with Gasteiger partial charge in [-0.2, -0.15) is 5.10 Å². The molecule has 1 saturated carbocycles. The van der Waals surface area contributed by atoms with Crippen molar-refractivity contribution in [3.63, 3.8) is 0 Å². The average molecular weight is 516 g/mol. The lowest BCUT2D eigenvalue weighted by Crippen LogP contribution is -2.47. The highest BCUT2D eigenvalue weighted by Crippen LogP contribution is 2.23. The van der Waals surface area contributed by atoms with Gasteiger partial charge in [0.1, 0.15) is 19.0 Å². The Bertz CT molecular complexity index is 1200. The van der Waals surface area contributed by atoms with Crippen LogP contribution in [0.2, 0.25) is 5.02 Å². The van der Waals surface area contributed by atoms with Gasteiger partial charge in [-0.1, -0.05) is 60.8 Å². The summed E-state index contributed by atoms with van der Waals surface area (Å²) in [6.07, 6.45) is 3.53. The Labute approximate surface area is 213 Å². The third-order valence-corrected chi connectivity index (χ3v) is 6.27. The van der Waals surface area contributed by atoms with E-state index in [0.717, 1.165) is 31.2 Å². The van der Waals surface area contributed by atoms with Gasteiger partial charge < -0.3 is 19.9 Å². The van der Waals surface area contributed by atoms with Crippen molar-refractivity contribution in [3.8, 4) is 5.88 Å². The smallest absolute Gasteiger partial charge is 0.356 e. The number of aromatic carboxylic acids is 1. The van der Waals surface area contributed by atoms with E-state index >= 15 is 0 Å². The summed E-state index contributed by atoms with van der Waals surface area (Å²) >= 11 is 5.81. The van der Waals surface area contributed by atoms with E-state index in [0.29, 0.717) is 12.2 Å². The summed E-state index contributed by atoms with van der Waals surface area (Å²) in [6, 6.07) is 15.1. The zero-order valence-electron chi connectivity index (χ0n) is 19.5. The molecule has 0 radical (unpaired) electrons. The molecule has 2 aromatic carbocycles. The third-order valence-electron chi connectivity index (χ3n) is 5.98. The molecule has 0 saturated heterocycles. The van der Waals surface area contributed by atoms with Gasteiger partial charge >= 0.3 is 5.97 Å². The Morgan fingerprint density at radius 3 is 2.61 bits per heavy atom. The number of halogens is 2. The number of carbonyl (C=O) groups excluding carboxylic acids is 1. The Hall–Kier alpha value is -3.43. The molecule has 0 aliphatic heterocycles. The van der Waals surface area contributed by atoms with Crippen LogP contribution in [0.3, 0.4) is 0 Å². The summed E-state index contributed by atoms with van der Waals surface area (Å²) in [4.78, 5) is 24.3. The second-order valence-corrected chi connectivity index (χ2v) is 9.07. The minimum Gasteiger partial charge on any atom is -0.476 e. The van der Waals surface area contributed by atoms with E-state index in [1.807, 2.05) is 30.3 Å². The lowest BCUT2D eigenvalue weighted by atomic mass is 9.92. The van der Waals surface area contributed by atoms with Gasteiger partial charge in [0.05, 0.1) is 23.8 Å². The fourth-order valence-electron chi connectivity index (χ4n) is 4.15. The molecule has 10 heteroatoms. The van der Waals surface area contributed by atoms with Crippen LogP contribution in [0.4, 0.5) is 4.39 Å². The predicted octanol–water partition coefficient (Wildman–Crippen LogP) is 4.60. The Balaban J connectivity index is 1.39. The van der Waals surface area contributed by atoms with Crippen LogP contribution in [0.1, 0.15) is 47.3 Å². The highest BCUT2D eigenvalue weighted by atomic mass is 35.5. The van der Waals surface area contributed by atoms with Crippen molar-refractivity contribution in [2.24, 2.45) is 0 Å². The van der Waals surface area contributed by atoms with Crippen LogP contribution in [-0.2, 0) is 29.3 Å². The molecule has 0 bridgehead atoms. The molecule has 4 rings (SSSR count). The van der Waals surface area contributed by atoms with Crippen LogP contribution in [0.15, 0.2) is 54.6 Å². The molecule has 1 aromatic heterocycles. The van der Waals surface area contributed by atoms with Crippen LogP contribution in [-0.4, -0.2) is 38.9 Å². The molecule has 1 heterocycles. The maximum absolute atomic E-state index is 13.4. The number of nitrogens with one attached hydrogen (secondary N) is 1. The number of carbonyl (C=O) groups is 2. The van der Waals surface area contributed by atoms with Gasteiger partial charge in [-0.15, -0.1) is 0 Å². The molecule has 1 fully saturated rings. The zero-order valence-corrected chi connectivity index (χ0v) is 20.3. The van der Waals surface area contributed by atoms with Crippen molar-refractivity contribution >= 4 is 23.5 Å². The zero-order chi connectivity index (χ0) is 25.5. The number of rotatable bonds is 10. The number of carboxylic acid groups (broad SMARTS) is 1. The molecule has 1 amide bonds. The number of aromatic nitrogens is 2. The van der Waals surface area contributed by atoms with Gasteiger partial charge in [0, 0.05) is 6.07 Å². The standard InChI is InChI=1S/C26H27ClFN3O5/c27-19-12-18(10-11-20(19)28)16-36-25-13-22(26(33)34)30-31(25)14-24(32)29-21-8-4-5-9-23(21)35-15-17-6-2-1-3-7-17/h1-3,6-7,10-13,21,23H,4-5,8-9,14-16H2,(H,29,32)(H,33,34)/t21-,23-/m0/s1. The molecule has 0 unspecified atom stereocenters. The van der Waals surface area contributed by atoms with E-state index in [1.54, 1.807) is 0 Å². The van der Waals surface area contributed by atoms with Gasteiger partial charge in [0.15, 0.2) is 5.69 Å². The molecule has 3 aromatic rings. The largest absolute Gasteiger partial charge is 0.476 e. The third kappa shape index (κ3) is 6.83. The molecule has 2 atom stereocenters. The summed E-state index contributed by atoms with van der Waals surface area (Å²) in [5.41, 5.74) is 1.39. The van der Waals surface area contributed by atoms with Gasteiger partial charge in [-0.25, -0.2) is 13.9 Å². The number of hydrogen-bond donors (Lipinski definition) is 2. The van der Waals surface area contributed by atoms with Gasteiger partial charge in [0.2, 0.25) is 11.8 Å². The maximum atomic E-state index is 13.4. The Kier molecular flexibility index (Phi) is 8.56. The van der Waals surface area contributed by atoms with Gasteiger partial charge in [-0.05, 0) is 36.1 Å². The number of nitrogens with zero attached hydrogens (tertiary/aromatic N) is 2. The SMILES string of the molecule is O=C(Cn1nc(C(=O)O)cc1OCc1ccc(F)c(Cl)c1)N[C@H]1CCCC[C@@H]1OCc1ccccc1. The molecule has 1 aliphatic carbocycles. The average Bonchev–Trinajstić information content (AvgIpc) is 3.27. The predicted molar refractivity (Wildman–Crippen MR) is 130 cm³/mol. The van der Waals surface area contributed by atoms with E-state index in [2.05, 4.69) is 10.4 Å². The Morgan fingerprint density at radius 2 is 1.86 bits per heavy atom. The highest BCUT2D eigenvalue weighted by molar-refractivity contribution is 6.30. The van der Waals surface area contributed by atoms with Gasteiger partial charge in [0.25, 0.3) is 0 Å². The van der Waals surface area contributed by atoms with E-state index in [-0.39, 0.29) is 47.8 Å². The van der Waals surface area contributed by atoms with E-state index in [4.69, 9.17) is 21.1 Å². The van der Waals surface area contributed by atoms with Crippen molar-refractivity contribution in [1.82, 2.24) is 15.1 Å². The van der Waals surface area contributed by atoms with Crippen molar-refractivity contribution in [1.29, 1.82) is 0 Å². The number of amides is 1. The monoisotopic (exact) mass is 515 g/mol. The minimum atomic E-state index is -1.24. The minimum absolute atomic E-state index is 0.00953. The van der Waals surface area contributed by atoms with Crippen LogP contribution in [0, 0.1) is 5.82 Å². The van der Waals surface area contributed by atoms with Crippen LogP contribution >= 0.6 is 11.6 Å². The first-order chi connectivity index (χ1) is 17.4. The number of carboxylic acids is 1. The fraction of sp³-hybridized carbons (Fsp3) is 0.346. The molecular weight excluding hydrogens is 489 g/mol. The lowest BCUT2D eigenvalue weighted by molar-refractivity contribution is -0.124. The van der Waals surface area contributed by atoms with Crippen molar-refractivity contribution in [2.45, 2.75) is 57.6 Å². The van der Waals surface area contributed by atoms with E-state index in [9.17, 15) is 19.1 Å². The summed E-state index contributed by atoms with van der Waals surface area (Å²) < 4.78 is 26.4. The first-order valence-corrected chi connectivity index (χ1v) is 12.1. The summed E-state index contributed by atoms with van der Waals surface area (Å²) in [5, 5.41) is 16.3. The van der Waals surface area contributed by atoms with E-state index in [1.165, 1.54) is 28.9 Å². The van der Waals surface area contributed by atoms with Crippen LogP contribution in [0.5, 0.6) is 5.88 Å². The normalized spacial score (nSPS) is 17.5. The van der Waals surface area contributed by atoms with Crippen molar-refractivity contribution in [2.75, 3.05) is 0 Å². The first kappa shape index (κ1) is 25.7.